The SMILES string of the molecule is O=C(NCC(F)F)c1cc[nH]c1. The van der Waals surface area contributed by atoms with Gasteiger partial charge in [0.05, 0.1) is 12.1 Å². The molecule has 1 aromatic heterocycles. The van der Waals surface area contributed by atoms with Crippen molar-refractivity contribution in [2.24, 2.45) is 0 Å². The van der Waals surface area contributed by atoms with E-state index in [4.69, 9.17) is 0 Å². The van der Waals surface area contributed by atoms with Gasteiger partial charge >= 0.3 is 0 Å². The van der Waals surface area contributed by atoms with E-state index in [1.54, 1.807) is 6.20 Å². The zero-order chi connectivity index (χ0) is 8.97. The molecule has 1 rings (SSSR count). The van der Waals surface area contributed by atoms with E-state index >= 15 is 0 Å². The molecule has 0 aliphatic heterocycles. The third kappa shape index (κ3) is 2.34. The largest absolute Gasteiger partial charge is 0.367 e. The van der Waals surface area contributed by atoms with E-state index in [1.165, 1.54) is 12.3 Å². The molecule has 0 unspecified atom stereocenters. The number of carbonyl (C=O) groups is 1. The van der Waals surface area contributed by atoms with Crippen LogP contribution in [0.5, 0.6) is 0 Å². The molecule has 3 nitrogen and oxygen atoms in total. The summed E-state index contributed by atoms with van der Waals surface area (Å²) >= 11 is 0. The lowest BCUT2D eigenvalue weighted by Crippen LogP contribution is -2.28. The minimum Gasteiger partial charge on any atom is -0.367 e. The first-order valence-corrected chi connectivity index (χ1v) is 3.39. The minimum absolute atomic E-state index is 0.357. The zero-order valence-corrected chi connectivity index (χ0v) is 6.18. The molecule has 0 aliphatic carbocycles. The first-order valence-electron chi connectivity index (χ1n) is 3.39. The lowest BCUT2D eigenvalue weighted by atomic mass is 10.3. The third-order valence-electron chi connectivity index (χ3n) is 1.28. The predicted octanol–water partition coefficient (Wildman–Crippen LogP) is 1.01. The Morgan fingerprint density at radius 1 is 1.67 bits per heavy atom. The van der Waals surface area contributed by atoms with E-state index in [0.29, 0.717) is 5.56 Å². The minimum atomic E-state index is -2.51. The Balaban J connectivity index is 2.40. The number of amides is 1. The summed E-state index contributed by atoms with van der Waals surface area (Å²) in [5.74, 6) is -0.489. The Morgan fingerprint density at radius 3 is 2.92 bits per heavy atom. The first-order chi connectivity index (χ1) is 5.70. The van der Waals surface area contributed by atoms with E-state index < -0.39 is 18.9 Å². The molecule has 0 aromatic carbocycles. The smallest absolute Gasteiger partial charge is 0.255 e. The van der Waals surface area contributed by atoms with Crippen LogP contribution in [-0.4, -0.2) is 23.9 Å². The van der Waals surface area contributed by atoms with Gasteiger partial charge in [-0.1, -0.05) is 0 Å². The van der Waals surface area contributed by atoms with Crippen molar-refractivity contribution >= 4 is 5.91 Å². The summed E-state index contributed by atoms with van der Waals surface area (Å²) in [6.07, 6.45) is 0.492. The molecule has 1 heterocycles. The molecule has 5 heteroatoms. The number of alkyl halides is 2. The molecule has 0 atom stereocenters. The van der Waals surface area contributed by atoms with Crippen molar-refractivity contribution in [3.8, 4) is 0 Å². The summed E-state index contributed by atoms with van der Waals surface area (Å²) < 4.78 is 23.2. The van der Waals surface area contributed by atoms with Crippen LogP contribution in [0.25, 0.3) is 0 Å². The van der Waals surface area contributed by atoms with E-state index in [2.05, 4.69) is 10.3 Å². The normalized spacial score (nSPS) is 10.2. The lowest BCUT2D eigenvalue weighted by molar-refractivity contribution is 0.0892. The van der Waals surface area contributed by atoms with Gasteiger partial charge in [0, 0.05) is 12.4 Å². The molecule has 0 bridgehead atoms. The summed E-state index contributed by atoms with van der Waals surface area (Å²) in [4.78, 5) is 13.6. The van der Waals surface area contributed by atoms with Gasteiger partial charge in [0.2, 0.25) is 0 Å². The van der Waals surface area contributed by atoms with Crippen LogP contribution in [0.2, 0.25) is 0 Å². The van der Waals surface area contributed by atoms with Gasteiger partial charge in [-0.05, 0) is 6.07 Å². The second-order valence-corrected chi connectivity index (χ2v) is 2.20. The van der Waals surface area contributed by atoms with Crippen LogP contribution in [0.4, 0.5) is 8.78 Å². The van der Waals surface area contributed by atoms with Crippen molar-refractivity contribution in [3.63, 3.8) is 0 Å². The third-order valence-corrected chi connectivity index (χ3v) is 1.28. The lowest BCUT2D eigenvalue weighted by Gasteiger charge is -2.00. The summed E-state index contributed by atoms with van der Waals surface area (Å²) in [7, 11) is 0. The average molecular weight is 174 g/mol. The predicted molar refractivity (Wildman–Crippen MR) is 39.1 cm³/mol. The second kappa shape index (κ2) is 3.85. The molecule has 0 aliphatic rings. The van der Waals surface area contributed by atoms with Crippen molar-refractivity contribution in [2.75, 3.05) is 6.54 Å². The Hall–Kier alpha value is -1.39. The number of hydrogen-bond acceptors (Lipinski definition) is 1. The van der Waals surface area contributed by atoms with Crippen LogP contribution in [0.3, 0.4) is 0 Å². The highest BCUT2D eigenvalue weighted by Gasteiger charge is 2.07. The molecule has 0 spiro atoms. The van der Waals surface area contributed by atoms with Crippen LogP contribution >= 0.6 is 0 Å². The molecule has 0 saturated heterocycles. The van der Waals surface area contributed by atoms with E-state index in [-0.39, 0.29) is 0 Å². The van der Waals surface area contributed by atoms with E-state index in [0.717, 1.165) is 0 Å². The fourth-order valence-electron chi connectivity index (χ4n) is 0.737. The molecule has 12 heavy (non-hydrogen) atoms. The summed E-state index contributed by atoms with van der Waals surface area (Å²) in [6, 6.07) is 1.51. The van der Waals surface area contributed by atoms with Gasteiger partial charge in [0.25, 0.3) is 12.3 Å². The van der Waals surface area contributed by atoms with Crippen LogP contribution in [0.1, 0.15) is 10.4 Å². The summed E-state index contributed by atoms with van der Waals surface area (Å²) in [5.41, 5.74) is 0.357. The average Bonchev–Trinajstić information content (AvgIpc) is 2.51. The van der Waals surface area contributed by atoms with Gasteiger partial charge in [-0.3, -0.25) is 4.79 Å². The van der Waals surface area contributed by atoms with Gasteiger partial charge in [-0.25, -0.2) is 8.78 Å². The van der Waals surface area contributed by atoms with E-state index in [1.807, 2.05) is 0 Å². The molecule has 0 radical (unpaired) electrons. The zero-order valence-electron chi connectivity index (χ0n) is 6.18. The molecule has 1 amide bonds. The monoisotopic (exact) mass is 174 g/mol. The van der Waals surface area contributed by atoms with Gasteiger partial charge in [0.15, 0.2) is 0 Å². The molecular weight excluding hydrogens is 166 g/mol. The van der Waals surface area contributed by atoms with Gasteiger partial charge in [-0.2, -0.15) is 0 Å². The first kappa shape index (κ1) is 8.70. The number of hydrogen-bond donors (Lipinski definition) is 2. The van der Waals surface area contributed by atoms with Gasteiger partial charge < -0.3 is 10.3 Å². The standard InChI is InChI=1S/C7H8F2N2O/c8-6(9)4-11-7(12)5-1-2-10-3-5/h1-3,6,10H,4H2,(H,11,12). The topological polar surface area (TPSA) is 44.9 Å². The maximum atomic E-state index is 11.6. The van der Waals surface area contributed by atoms with Crippen molar-refractivity contribution in [3.05, 3.63) is 24.0 Å². The summed E-state index contributed by atoms with van der Waals surface area (Å²) in [6.45, 7) is -0.607. The maximum absolute atomic E-state index is 11.6. The number of halogens is 2. The highest BCUT2D eigenvalue weighted by atomic mass is 19.3. The molecule has 2 N–H and O–H groups in total. The molecule has 0 fully saturated rings. The fourth-order valence-corrected chi connectivity index (χ4v) is 0.737. The molecular formula is C7H8F2N2O. The highest BCUT2D eigenvalue weighted by Crippen LogP contribution is 1.96. The van der Waals surface area contributed by atoms with Crippen molar-refractivity contribution < 1.29 is 13.6 Å². The van der Waals surface area contributed by atoms with Crippen LogP contribution in [0, 0.1) is 0 Å². The van der Waals surface area contributed by atoms with Crippen LogP contribution in [-0.2, 0) is 0 Å². The quantitative estimate of drug-likeness (QED) is 0.705. The van der Waals surface area contributed by atoms with Crippen molar-refractivity contribution in [1.82, 2.24) is 10.3 Å². The molecule has 0 saturated carbocycles. The molecule has 66 valence electrons. The Labute approximate surface area is 67.8 Å². The Bertz CT molecular complexity index is 246. The number of carbonyl (C=O) groups excluding carboxylic acids is 1. The number of nitrogens with one attached hydrogen (secondary N) is 2. The van der Waals surface area contributed by atoms with Crippen LogP contribution in [0.15, 0.2) is 18.5 Å². The fraction of sp³-hybridized carbons (Fsp3) is 0.286. The number of aromatic nitrogens is 1. The number of aromatic amines is 1. The maximum Gasteiger partial charge on any atom is 0.255 e. The Morgan fingerprint density at radius 2 is 2.42 bits per heavy atom. The highest BCUT2D eigenvalue weighted by molar-refractivity contribution is 5.93. The molecule has 1 aromatic rings. The summed E-state index contributed by atoms with van der Waals surface area (Å²) in [5, 5.41) is 2.08. The van der Waals surface area contributed by atoms with Gasteiger partial charge in [0.1, 0.15) is 0 Å². The number of H-pyrrole nitrogens is 1. The van der Waals surface area contributed by atoms with Crippen molar-refractivity contribution in [2.45, 2.75) is 6.43 Å². The van der Waals surface area contributed by atoms with Crippen molar-refractivity contribution in [1.29, 1.82) is 0 Å². The van der Waals surface area contributed by atoms with E-state index in [9.17, 15) is 13.6 Å². The number of rotatable bonds is 3. The second-order valence-electron chi connectivity index (χ2n) is 2.20. The Kier molecular flexibility index (Phi) is 2.79. The van der Waals surface area contributed by atoms with Gasteiger partial charge in [-0.15, -0.1) is 0 Å². The van der Waals surface area contributed by atoms with Crippen LogP contribution < -0.4 is 5.32 Å².